The Morgan fingerprint density at radius 2 is 1.83 bits per heavy atom. The SMILES string of the molecule is CSc1cccc(NC(=NCc2ccncc2)NC(=O)c2cccc(N(C)C)c2)c1. The first kappa shape index (κ1) is 21.4. The number of hydrogen-bond donors (Lipinski definition) is 2. The highest BCUT2D eigenvalue weighted by molar-refractivity contribution is 7.98. The van der Waals surface area contributed by atoms with Gasteiger partial charge in [0, 0.05) is 48.3 Å². The van der Waals surface area contributed by atoms with Gasteiger partial charge in [-0.25, -0.2) is 4.99 Å². The minimum atomic E-state index is -0.222. The first-order chi connectivity index (χ1) is 14.5. The Bertz CT molecular complexity index is 1020. The fraction of sp³-hybridized carbons (Fsp3) is 0.174. The molecule has 154 valence electrons. The third-order valence-corrected chi connectivity index (χ3v) is 5.08. The molecule has 0 aliphatic carbocycles. The Labute approximate surface area is 181 Å². The summed E-state index contributed by atoms with van der Waals surface area (Å²) in [6.07, 6.45) is 5.48. The van der Waals surface area contributed by atoms with Crippen LogP contribution in [0, 0.1) is 0 Å². The van der Waals surface area contributed by atoms with E-state index in [2.05, 4.69) is 20.6 Å². The van der Waals surface area contributed by atoms with Crippen LogP contribution in [0.2, 0.25) is 0 Å². The van der Waals surface area contributed by atoms with Crippen LogP contribution in [0.3, 0.4) is 0 Å². The molecule has 0 fully saturated rings. The first-order valence-electron chi connectivity index (χ1n) is 9.48. The highest BCUT2D eigenvalue weighted by atomic mass is 32.2. The van der Waals surface area contributed by atoms with Crippen molar-refractivity contribution in [2.24, 2.45) is 4.99 Å². The molecular formula is C23H25N5OS. The topological polar surface area (TPSA) is 69.6 Å². The number of amides is 1. The molecule has 0 saturated heterocycles. The fourth-order valence-electron chi connectivity index (χ4n) is 2.71. The van der Waals surface area contributed by atoms with Crippen LogP contribution in [-0.4, -0.2) is 37.2 Å². The van der Waals surface area contributed by atoms with Gasteiger partial charge in [-0.3, -0.25) is 15.1 Å². The monoisotopic (exact) mass is 419 g/mol. The first-order valence-corrected chi connectivity index (χ1v) is 10.7. The second kappa shape index (κ2) is 10.5. The summed E-state index contributed by atoms with van der Waals surface area (Å²) in [7, 11) is 3.89. The summed E-state index contributed by atoms with van der Waals surface area (Å²) in [5.41, 5.74) is 3.39. The number of thioether (sulfide) groups is 1. The number of aromatic nitrogens is 1. The minimum Gasteiger partial charge on any atom is -0.378 e. The lowest BCUT2D eigenvalue weighted by molar-refractivity contribution is 0.0977. The zero-order valence-electron chi connectivity index (χ0n) is 17.3. The molecule has 0 radical (unpaired) electrons. The van der Waals surface area contributed by atoms with Crippen LogP contribution in [0.1, 0.15) is 15.9 Å². The van der Waals surface area contributed by atoms with Crippen molar-refractivity contribution in [3.8, 4) is 0 Å². The van der Waals surface area contributed by atoms with Crippen molar-refractivity contribution in [3.63, 3.8) is 0 Å². The third-order valence-electron chi connectivity index (χ3n) is 4.36. The summed E-state index contributed by atoms with van der Waals surface area (Å²) >= 11 is 1.66. The number of carbonyl (C=O) groups is 1. The maximum absolute atomic E-state index is 12.9. The number of rotatable bonds is 6. The number of nitrogens with zero attached hydrogens (tertiary/aromatic N) is 3. The van der Waals surface area contributed by atoms with E-state index in [1.807, 2.05) is 79.8 Å². The minimum absolute atomic E-state index is 0.222. The Morgan fingerprint density at radius 3 is 2.57 bits per heavy atom. The normalized spacial score (nSPS) is 11.1. The predicted octanol–water partition coefficient (Wildman–Crippen LogP) is 4.27. The molecule has 7 heteroatoms. The van der Waals surface area contributed by atoms with E-state index in [0.29, 0.717) is 18.1 Å². The van der Waals surface area contributed by atoms with E-state index in [1.54, 1.807) is 30.2 Å². The number of hydrogen-bond acceptors (Lipinski definition) is 5. The summed E-state index contributed by atoms with van der Waals surface area (Å²) in [6, 6.07) is 19.2. The van der Waals surface area contributed by atoms with Gasteiger partial charge in [0.2, 0.25) is 5.96 Å². The summed E-state index contributed by atoms with van der Waals surface area (Å²) in [5, 5.41) is 6.16. The summed E-state index contributed by atoms with van der Waals surface area (Å²) in [4.78, 5) is 24.6. The zero-order chi connectivity index (χ0) is 21.3. The van der Waals surface area contributed by atoms with Gasteiger partial charge < -0.3 is 10.2 Å². The quantitative estimate of drug-likeness (QED) is 0.355. The van der Waals surface area contributed by atoms with Gasteiger partial charge in [-0.15, -0.1) is 11.8 Å². The Balaban J connectivity index is 1.82. The number of aliphatic imine (C=N–C) groups is 1. The van der Waals surface area contributed by atoms with Gasteiger partial charge in [0.15, 0.2) is 0 Å². The lowest BCUT2D eigenvalue weighted by Gasteiger charge is -2.15. The zero-order valence-corrected chi connectivity index (χ0v) is 18.1. The third kappa shape index (κ3) is 6.09. The molecule has 0 atom stereocenters. The molecule has 3 aromatic rings. The number of carbonyl (C=O) groups excluding carboxylic acids is 1. The van der Waals surface area contributed by atoms with Crippen LogP contribution >= 0.6 is 11.8 Å². The largest absolute Gasteiger partial charge is 0.378 e. The second-order valence-corrected chi connectivity index (χ2v) is 7.66. The van der Waals surface area contributed by atoms with Crippen LogP contribution in [0.4, 0.5) is 11.4 Å². The summed E-state index contributed by atoms with van der Waals surface area (Å²) < 4.78 is 0. The molecular weight excluding hydrogens is 394 g/mol. The molecule has 6 nitrogen and oxygen atoms in total. The molecule has 1 amide bonds. The van der Waals surface area contributed by atoms with Gasteiger partial charge in [0.25, 0.3) is 5.91 Å². The molecule has 1 heterocycles. The van der Waals surface area contributed by atoms with Crippen LogP contribution in [0.5, 0.6) is 0 Å². The number of pyridine rings is 1. The highest BCUT2D eigenvalue weighted by Crippen LogP contribution is 2.19. The van der Waals surface area contributed by atoms with Crippen molar-refractivity contribution >= 4 is 35.0 Å². The van der Waals surface area contributed by atoms with E-state index in [-0.39, 0.29) is 5.91 Å². The van der Waals surface area contributed by atoms with Crippen molar-refractivity contribution in [3.05, 3.63) is 84.2 Å². The van der Waals surface area contributed by atoms with E-state index in [1.165, 1.54) is 0 Å². The van der Waals surface area contributed by atoms with Crippen molar-refractivity contribution in [1.82, 2.24) is 10.3 Å². The van der Waals surface area contributed by atoms with Crippen LogP contribution < -0.4 is 15.5 Å². The van der Waals surface area contributed by atoms with Gasteiger partial charge >= 0.3 is 0 Å². The van der Waals surface area contributed by atoms with Gasteiger partial charge in [0.1, 0.15) is 0 Å². The average molecular weight is 420 g/mol. The van der Waals surface area contributed by atoms with E-state index in [9.17, 15) is 4.79 Å². The molecule has 1 aromatic heterocycles. The lowest BCUT2D eigenvalue weighted by atomic mass is 10.2. The van der Waals surface area contributed by atoms with Gasteiger partial charge in [0.05, 0.1) is 6.54 Å². The number of nitrogens with one attached hydrogen (secondary N) is 2. The smallest absolute Gasteiger partial charge is 0.258 e. The van der Waals surface area contributed by atoms with E-state index >= 15 is 0 Å². The second-order valence-electron chi connectivity index (χ2n) is 6.78. The van der Waals surface area contributed by atoms with Crippen LogP contribution in [-0.2, 0) is 6.54 Å². The van der Waals surface area contributed by atoms with Crippen LogP contribution in [0.15, 0.2) is 82.9 Å². The number of anilines is 2. The van der Waals surface area contributed by atoms with Crippen molar-refractivity contribution in [1.29, 1.82) is 0 Å². The standard InChI is InChI=1S/C23H25N5OS/c1-28(2)20-8-4-6-18(14-20)22(29)27-23(25-16-17-10-12-24-13-11-17)26-19-7-5-9-21(15-19)30-3/h4-15H,16H2,1-3H3,(H2,25,26,27,29). The molecule has 0 unspecified atom stereocenters. The molecule has 0 aliphatic heterocycles. The molecule has 0 saturated carbocycles. The molecule has 3 rings (SSSR count). The van der Waals surface area contributed by atoms with E-state index in [4.69, 9.17) is 0 Å². The molecule has 0 aliphatic rings. The highest BCUT2D eigenvalue weighted by Gasteiger charge is 2.11. The van der Waals surface area contributed by atoms with E-state index < -0.39 is 0 Å². The predicted molar refractivity (Wildman–Crippen MR) is 125 cm³/mol. The number of guanidine groups is 1. The maximum Gasteiger partial charge on any atom is 0.258 e. The van der Waals surface area contributed by atoms with E-state index in [0.717, 1.165) is 21.8 Å². The Hall–Kier alpha value is -3.32. The molecule has 0 spiro atoms. The maximum atomic E-state index is 12.9. The number of benzene rings is 2. The Kier molecular flexibility index (Phi) is 7.45. The van der Waals surface area contributed by atoms with Gasteiger partial charge in [-0.2, -0.15) is 0 Å². The molecule has 30 heavy (non-hydrogen) atoms. The summed E-state index contributed by atoms with van der Waals surface area (Å²) in [5.74, 6) is 0.172. The van der Waals surface area contributed by atoms with Crippen molar-refractivity contribution in [2.45, 2.75) is 11.4 Å². The average Bonchev–Trinajstić information content (AvgIpc) is 2.78. The molecule has 2 aromatic carbocycles. The van der Waals surface area contributed by atoms with Gasteiger partial charge in [-0.05, 0) is 60.4 Å². The van der Waals surface area contributed by atoms with Crippen LogP contribution in [0.25, 0.3) is 0 Å². The fourth-order valence-corrected chi connectivity index (χ4v) is 3.17. The van der Waals surface area contributed by atoms with Gasteiger partial charge in [-0.1, -0.05) is 12.1 Å². The van der Waals surface area contributed by atoms with Crippen molar-refractivity contribution in [2.75, 3.05) is 30.6 Å². The summed E-state index contributed by atoms with van der Waals surface area (Å²) in [6.45, 7) is 0.422. The van der Waals surface area contributed by atoms with Crippen molar-refractivity contribution < 1.29 is 4.79 Å². The Morgan fingerprint density at radius 1 is 1.07 bits per heavy atom. The molecule has 2 N–H and O–H groups in total. The molecule has 0 bridgehead atoms. The lowest BCUT2D eigenvalue weighted by Crippen LogP contribution is -2.36.